The van der Waals surface area contributed by atoms with Crippen molar-refractivity contribution in [3.05, 3.63) is 27.8 Å². The maximum Gasteiger partial charge on any atom is 0.312 e. The third kappa shape index (κ3) is 3.79. The Balaban J connectivity index is 1.40. The fourth-order valence-corrected chi connectivity index (χ4v) is 7.43. The highest BCUT2D eigenvalue weighted by Gasteiger charge is 2.60. The van der Waals surface area contributed by atoms with Gasteiger partial charge in [0.15, 0.2) is 12.4 Å². The summed E-state index contributed by atoms with van der Waals surface area (Å²) in [6.45, 7) is 1.27. The minimum absolute atomic E-state index is 0.0325. The largest absolute Gasteiger partial charge is 0.490 e. The SMILES string of the molecule is COc1cc(NC(=O)COC(=O)C23CC4CC(CC(Br)(C4)C2)C3)c(C)cc1[N+](=O)[O-]. The molecule has 0 aliphatic heterocycles. The van der Waals surface area contributed by atoms with Crippen LogP contribution in [0, 0.1) is 34.3 Å². The van der Waals surface area contributed by atoms with E-state index in [1.54, 1.807) is 6.92 Å². The first-order chi connectivity index (χ1) is 14.1. The number of hydrogen-bond donors (Lipinski definition) is 1. The van der Waals surface area contributed by atoms with Gasteiger partial charge < -0.3 is 14.8 Å². The van der Waals surface area contributed by atoms with Gasteiger partial charge in [0.05, 0.1) is 17.4 Å². The van der Waals surface area contributed by atoms with E-state index in [-0.39, 0.29) is 28.3 Å². The van der Waals surface area contributed by atoms with Crippen molar-refractivity contribution in [1.29, 1.82) is 0 Å². The number of nitrogens with one attached hydrogen (secondary N) is 1. The number of nitrogens with zero attached hydrogens (tertiary/aromatic N) is 1. The van der Waals surface area contributed by atoms with Crippen LogP contribution in [-0.2, 0) is 14.3 Å². The van der Waals surface area contributed by atoms with E-state index in [0.717, 1.165) is 32.1 Å². The van der Waals surface area contributed by atoms with Crippen molar-refractivity contribution in [2.24, 2.45) is 17.3 Å². The molecule has 0 saturated heterocycles. The van der Waals surface area contributed by atoms with Gasteiger partial charge in [-0.25, -0.2) is 0 Å². The third-order valence-electron chi connectivity index (χ3n) is 6.75. The van der Waals surface area contributed by atoms with Crippen LogP contribution in [-0.4, -0.2) is 34.8 Å². The molecule has 2 atom stereocenters. The lowest BCUT2D eigenvalue weighted by Gasteiger charge is -2.58. The lowest BCUT2D eigenvalue weighted by atomic mass is 9.49. The van der Waals surface area contributed by atoms with Crippen LogP contribution in [0.2, 0.25) is 0 Å². The van der Waals surface area contributed by atoms with Crippen LogP contribution in [0.3, 0.4) is 0 Å². The number of carbonyl (C=O) groups excluding carboxylic acids is 2. The number of anilines is 1. The molecule has 4 fully saturated rings. The van der Waals surface area contributed by atoms with Gasteiger partial charge in [-0.15, -0.1) is 0 Å². The lowest BCUT2D eigenvalue weighted by molar-refractivity contribution is -0.385. The number of hydrogen-bond acceptors (Lipinski definition) is 6. The van der Waals surface area contributed by atoms with E-state index in [0.29, 0.717) is 23.1 Å². The second kappa shape index (κ2) is 7.51. The number of methoxy groups -OCH3 is 1. The molecule has 4 bridgehead atoms. The van der Waals surface area contributed by atoms with Gasteiger partial charge in [0.2, 0.25) is 0 Å². The van der Waals surface area contributed by atoms with Gasteiger partial charge in [0, 0.05) is 22.1 Å². The number of rotatable bonds is 6. The molecule has 9 heteroatoms. The maximum atomic E-state index is 13.0. The molecule has 0 radical (unpaired) electrons. The minimum Gasteiger partial charge on any atom is -0.490 e. The monoisotopic (exact) mass is 480 g/mol. The van der Waals surface area contributed by atoms with E-state index in [1.807, 2.05) is 0 Å². The molecular formula is C21H25BrN2O6. The molecule has 2 unspecified atom stereocenters. The predicted octanol–water partition coefficient (Wildman–Crippen LogP) is 4.13. The van der Waals surface area contributed by atoms with Crippen LogP contribution in [0.4, 0.5) is 11.4 Å². The molecule has 1 aromatic rings. The molecule has 1 N–H and O–H groups in total. The highest BCUT2D eigenvalue weighted by atomic mass is 79.9. The fraction of sp³-hybridized carbons (Fsp3) is 0.619. The number of amides is 1. The van der Waals surface area contributed by atoms with Gasteiger partial charge in [-0.05, 0) is 62.8 Å². The fourth-order valence-electron chi connectivity index (χ4n) is 5.97. The summed E-state index contributed by atoms with van der Waals surface area (Å²) in [5.41, 5.74) is 0.238. The number of carbonyl (C=O) groups is 2. The Hall–Kier alpha value is -2.16. The molecule has 30 heavy (non-hydrogen) atoms. The van der Waals surface area contributed by atoms with Crippen molar-refractivity contribution in [2.75, 3.05) is 19.0 Å². The number of nitro groups is 1. The Labute approximate surface area is 183 Å². The smallest absolute Gasteiger partial charge is 0.312 e. The molecule has 4 aliphatic carbocycles. The first kappa shape index (κ1) is 21.1. The number of alkyl halides is 1. The number of benzene rings is 1. The summed E-state index contributed by atoms with van der Waals surface area (Å²) >= 11 is 3.88. The molecule has 1 amide bonds. The number of aryl methyl sites for hydroxylation is 1. The van der Waals surface area contributed by atoms with Gasteiger partial charge in [-0.1, -0.05) is 15.9 Å². The van der Waals surface area contributed by atoms with Crippen molar-refractivity contribution in [2.45, 2.75) is 49.8 Å². The number of esters is 1. The normalized spacial score (nSPS) is 31.3. The van der Waals surface area contributed by atoms with Crippen LogP contribution < -0.4 is 10.1 Å². The van der Waals surface area contributed by atoms with E-state index >= 15 is 0 Å². The van der Waals surface area contributed by atoms with Gasteiger partial charge >= 0.3 is 11.7 Å². The summed E-state index contributed by atoms with van der Waals surface area (Å²) in [5.74, 6) is 0.368. The van der Waals surface area contributed by atoms with Crippen molar-refractivity contribution >= 4 is 39.2 Å². The number of nitro benzene ring substituents is 1. The zero-order valence-corrected chi connectivity index (χ0v) is 18.6. The maximum absolute atomic E-state index is 13.0. The summed E-state index contributed by atoms with van der Waals surface area (Å²) in [7, 11) is 1.33. The van der Waals surface area contributed by atoms with Crippen molar-refractivity contribution in [3.63, 3.8) is 0 Å². The second-order valence-corrected chi connectivity index (χ2v) is 10.8. The summed E-state index contributed by atoms with van der Waals surface area (Å²) in [4.78, 5) is 35.9. The zero-order chi connectivity index (χ0) is 21.7. The molecule has 4 saturated carbocycles. The Morgan fingerprint density at radius 2 is 1.93 bits per heavy atom. The summed E-state index contributed by atoms with van der Waals surface area (Å²) in [6, 6.07) is 2.74. The van der Waals surface area contributed by atoms with E-state index in [9.17, 15) is 19.7 Å². The van der Waals surface area contributed by atoms with E-state index < -0.39 is 16.2 Å². The van der Waals surface area contributed by atoms with Crippen LogP contribution in [0.25, 0.3) is 0 Å². The minimum atomic E-state index is -0.540. The lowest BCUT2D eigenvalue weighted by Crippen LogP contribution is -2.56. The van der Waals surface area contributed by atoms with Crippen LogP contribution in [0.15, 0.2) is 12.1 Å². The standard InChI is InChI=1S/C21H25BrN2O6/c1-12-3-16(24(27)28)17(29-2)5-15(12)23-18(25)10-30-19(26)20-6-13-4-14(7-20)9-21(22,8-13)11-20/h3,5,13-14H,4,6-11H2,1-2H3,(H,23,25). The number of ether oxygens (including phenoxy) is 2. The van der Waals surface area contributed by atoms with Crippen molar-refractivity contribution in [1.82, 2.24) is 0 Å². The van der Waals surface area contributed by atoms with Crippen molar-refractivity contribution < 1.29 is 24.0 Å². The van der Waals surface area contributed by atoms with Gasteiger partial charge in [0.1, 0.15) is 0 Å². The first-order valence-electron chi connectivity index (χ1n) is 10.1. The zero-order valence-electron chi connectivity index (χ0n) is 17.0. The highest BCUT2D eigenvalue weighted by molar-refractivity contribution is 9.10. The second-order valence-electron chi connectivity index (χ2n) is 9.11. The van der Waals surface area contributed by atoms with E-state index in [1.165, 1.54) is 25.7 Å². The molecular weight excluding hydrogens is 456 g/mol. The quantitative estimate of drug-likeness (QED) is 0.283. The first-order valence-corrected chi connectivity index (χ1v) is 10.9. The molecule has 162 valence electrons. The molecule has 4 aliphatic rings. The topological polar surface area (TPSA) is 108 Å². The Bertz CT molecular complexity index is 903. The number of halogens is 1. The van der Waals surface area contributed by atoms with E-state index in [4.69, 9.17) is 9.47 Å². The van der Waals surface area contributed by atoms with Gasteiger partial charge in [-0.3, -0.25) is 19.7 Å². The molecule has 1 aromatic carbocycles. The van der Waals surface area contributed by atoms with Gasteiger partial charge in [-0.2, -0.15) is 0 Å². The highest BCUT2D eigenvalue weighted by Crippen LogP contribution is 2.64. The van der Waals surface area contributed by atoms with Gasteiger partial charge in [0.25, 0.3) is 5.91 Å². The predicted molar refractivity (Wildman–Crippen MR) is 113 cm³/mol. The molecule has 0 aromatic heterocycles. The summed E-state index contributed by atoms with van der Waals surface area (Å²) < 4.78 is 10.5. The molecule has 0 heterocycles. The Morgan fingerprint density at radius 1 is 1.27 bits per heavy atom. The van der Waals surface area contributed by atoms with Crippen LogP contribution in [0.5, 0.6) is 5.75 Å². The Morgan fingerprint density at radius 3 is 2.50 bits per heavy atom. The average Bonchev–Trinajstić information content (AvgIpc) is 2.65. The summed E-state index contributed by atoms with van der Waals surface area (Å²) in [6.07, 6.45) is 5.86. The Kier molecular flexibility index (Phi) is 5.28. The summed E-state index contributed by atoms with van der Waals surface area (Å²) in [5, 5.41) is 13.8. The molecule has 0 spiro atoms. The average molecular weight is 481 g/mol. The molecule has 5 rings (SSSR count). The van der Waals surface area contributed by atoms with Crippen molar-refractivity contribution in [3.8, 4) is 5.75 Å². The third-order valence-corrected chi connectivity index (χ3v) is 7.68. The van der Waals surface area contributed by atoms with Crippen LogP contribution >= 0.6 is 15.9 Å². The van der Waals surface area contributed by atoms with Crippen LogP contribution in [0.1, 0.15) is 44.1 Å². The van der Waals surface area contributed by atoms with E-state index in [2.05, 4.69) is 21.2 Å². The molecule has 8 nitrogen and oxygen atoms in total.